The Kier molecular flexibility index (Phi) is 3.20. The summed E-state index contributed by atoms with van der Waals surface area (Å²) in [6.45, 7) is 0. The first kappa shape index (κ1) is 13.5. The van der Waals surface area contributed by atoms with Crippen molar-refractivity contribution in [2.75, 3.05) is 0 Å². The molecular weight excluding hydrogens is 369 g/mol. The van der Waals surface area contributed by atoms with E-state index in [9.17, 15) is 4.39 Å². The fourth-order valence-electron chi connectivity index (χ4n) is 2.06. The minimum absolute atomic E-state index is 0.352. The van der Waals surface area contributed by atoms with Crippen LogP contribution in [0.25, 0.3) is 26.9 Å². The average Bonchev–Trinajstić information content (AvgIpc) is 3.11. The third-order valence-electron chi connectivity index (χ3n) is 3.07. The fourth-order valence-corrected chi connectivity index (χ4v) is 3.25. The van der Waals surface area contributed by atoms with Crippen molar-refractivity contribution in [3.8, 4) is 22.0 Å². The molecule has 0 aliphatic rings. The lowest BCUT2D eigenvalue weighted by Gasteiger charge is -2.00. The number of pyridine rings is 1. The molecule has 0 unspecified atom stereocenters. The van der Waals surface area contributed by atoms with Gasteiger partial charge in [-0.3, -0.25) is 4.98 Å². The molecule has 0 atom stereocenters. The predicted octanol–water partition coefficient (Wildman–Crippen LogP) is 3.82. The van der Waals surface area contributed by atoms with E-state index in [2.05, 4.69) is 36.2 Å². The molecule has 108 valence electrons. The van der Waals surface area contributed by atoms with Crippen molar-refractivity contribution in [2.24, 2.45) is 0 Å². The Balaban J connectivity index is 1.90. The van der Waals surface area contributed by atoms with Crippen LogP contribution in [0, 0.1) is 5.82 Å². The topological polar surface area (TPSA) is 56.0 Å². The van der Waals surface area contributed by atoms with Crippen molar-refractivity contribution >= 4 is 32.2 Å². The lowest BCUT2D eigenvalue weighted by atomic mass is 10.2. The lowest BCUT2D eigenvalue weighted by Crippen LogP contribution is -1.94. The molecule has 0 amide bonds. The van der Waals surface area contributed by atoms with Gasteiger partial charge < -0.3 is 0 Å². The predicted molar refractivity (Wildman–Crippen MR) is 85.0 cm³/mol. The first-order valence-corrected chi connectivity index (χ1v) is 7.91. The van der Waals surface area contributed by atoms with Gasteiger partial charge in [-0.1, -0.05) is 27.3 Å². The molecule has 8 heteroatoms. The Morgan fingerprint density at radius 3 is 2.91 bits per heavy atom. The van der Waals surface area contributed by atoms with Crippen molar-refractivity contribution in [1.29, 1.82) is 0 Å². The van der Waals surface area contributed by atoms with E-state index in [1.165, 1.54) is 17.4 Å². The summed E-state index contributed by atoms with van der Waals surface area (Å²) in [4.78, 5) is 4.68. The van der Waals surface area contributed by atoms with Crippen LogP contribution in [0.3, 0.4) is 0 Å². The monoisotopic (exact) mass is 375 g/mol. The summed E-state index contributed by atoms with van der Waals surface area (Å²) in [5, 5.41) is 13.4. The standard InChI is InChI=1S/C14H7BrFN5S/c15-9-3-4-11(16)10(6-9)12-18-19-14-21(12)20-13(22-14)8-2-1-5-17-7-8/h1-7H. The van der Waals surface area contributed by atoms with Gasteiger partial charge >= 0.3 is 0 Å². The minimum atomic E-state index is -0.367. The van der Waals surface area contributed by atoms with Crippen molar-refractivity contribution < 1.29 is 4.39 Å². The maximum Gasteiger partial charge on any atom is 0.235 e. The second-order valence-corrected chi connectivity index (χ2v) is 6.36. The number of hydrogen-bond donors (Lipinski definition) is 0. The van der Waals surface area contributed by atoms with E-state index < -0.39 is 0 Å². The Morgan fingerprint density at radius 1 is 1.18 bits per heavy atom. The number of halogens is 2. The van der Waals surface area contributed by atoms with E-state index in [1.54, 1.807) is 29.0 Å². The molecule has 0 bridgehead atoms. The molecule has 0 spiro atoms. The molecule has 4 aromatic rings. The molecule has 4 rings (SSSR count). The van der Waals surface area contributed by atoms with Gasteiger partial charge in [0, 0.05) is 22.4 Å². The first-order chi connectivity index (χ1) is 10.7. The third kappa shape index (κ3) is 2.20. The highest BCUT2D eigenvalue weighted by Gasteiger charge is 2.17. The zero-order valence-corrected chi connectivity index (χ0v) is 13.3. The van der Waals surface area contributed by atoms with Crippen molar-refractivity contribution in [3.05, 3.63) is 53.0 Å². The molecule has 22 heavy (non-hydrogen) atoms. The van der Waals surface area contributed by atoms with Crippen LogP contribution in [-0.2, 0) is 0 Å². The molecular formula is C14H7BrFN5S. The zero-order chi connectivity index (χ0) is 15.1. The molecule has 0 aliphatic heterocycles. The summed E-state index contributed by atoms with van der Waals surface area (Å²) in [5.74, 6) is 0.00798. The minimum Gasteiger partial charge on any atom is -0.264 e. The molecule has 0 fully saturated rings. The highest BCUT2D eigenvalue weighted by atomic mass is 79.9. The van der Waals surface area contributed by atoms with Crippen molar-refractivity contribution in [2.45, 2.75) is 0 Å². The van der Waals surface area contributed by atoms with Gasteiger partial charge in [0.25, 0.3) is 0 Å². The number of benzene rings is 1. The van der Waals surface area contributed by atoms with E-state index in [1.807, 2.05) is 12.1 Å². The molecule has 3 heterocycles. The van der Waals surface area contributed by atoms with Gasteiger partial charge in [-0.25, -0.2) is 4.39 Å². The maximum absolute atomic E-state index is 14.1. The second-order valence-electron chi connectivity index (χ2n) is 4.49. The van der Waals surface area contributed by atoms with Crippen LogP contribution in [0.2, 0.25) is 0 Å². The average molecular weight is 376 g/mol. The molecule has 0 radical (unpaired) electrons. The van der Waals surface area contributed by atoms with Crippen LogP contribution in [-0.4, -0.2) is 24.8 Å². The van der Waals surface area contributed by atoms with Gasteiger partial charge in [-0.2, -0.15) is 9.61 Å². The summed E-state index contributed by atoms with van der Waals surface area (Å²) in [6.07, 6.45) is 3.43. The smallest absolute Gasteiger partial charge is 0.235 e. The molecule has 0 N–H and O–H groups in total. The molecule has 1 aromatic carbocycles. The van der Waals surface area contributed by atoms with Gasteiger partial charge in [0.15, 0.2) is 5.82 Å². The van der Waals surface area contributed by atoms with Crippen LogP contribution in [0.15, 0.2) is 47.2 Å². The Morgan fingerprint density at radius 2 is 2.09 bits per heavy atom. The number of hydrogen-bond acceptors (Lipinski definition) is 5. The van der Waals surface area contributed by atoms with Crippen LogP contribution in [0.4, 0.5) is 4.39 Å². The van der Waals surface area contributed by atoms with Gasteiger partial charge in [0.2, 0.25) is 4.96 Å². The number of rotatable bonds is 2. The summed E-state index contributed by atoms with van der Waals surface area (Å²) in [6, 6.07) is 8.44. The summed E-state index contributed by atoms with van der Waals surface area (Å²) >= 11 is 4.72. The summed E-state index contributed by atoms with van der Waals surface area (Å²) in [7, 11) is 0. The van der Waals surface area contributed by atoms with E-state index in [0.29, 0.717) is 16.3 Å². The van der Waals surface area contributed by atoms with Crippen molar-refractivity contribution in [3.63, 3.8) is 0 Å². The lowest BCUT2D eigenvalue weighted by molar-refractivity contribution is 0.629. The third-order valence-corrected chi connectivity index (χ3v) is 4.51. The fraction of sp³-hybridized carbons (Fsp3) is 0. The first-order valence-electron chi connectivity index (χ1n) is 6.30. The maximum atomic E-state index is 14.1. The summed E-state index contributed by atoms with van der Waals surface area (Å²) < 4.78 is 16.4. The Hall–Kier alpha value is -2.19. The van der Waals surface area contributed by atoms with E-state index in [4.69, 9.17) is 0 Å². The van der Waals surface area contributed by atoms with Crippen molar-refractivity contribution in [1.82, 2.24) is 24.8 Å². The highest BCUT2D eigenvalue weighted by Crippen LogP contribution is 2.29. The van der Waals surface area contributed by atoms with E-state index in [-0.39, 0.29) is 5.82 Å². The van der Waals surface area contributed by atoms with Crippen LogP contribution >= 0.6 is 27.3 Å². The highest BCUT2D eigenvalue weighted by molar-refractivity contribution is 9.10. The van der Waals surface area contributed by atoms with Gasteiger partial charge in [-0.05, 0) is 30.3 Å². The van der Waals surface area contributed by atoms with E-state index in [0.717, 1.165) is 15.0 Å². The summed E-state index contributed by atoms with van der Waals surface area (Å²) in [5.41, 5.74) is 1.24. The Labute approximate surface area is 136 Å². The van der Waals surface area contributed by atoms with Crippen LogP contribution in [0.1, 0.15) is 0 Å². The second kappa shape index (κ2) is 5.22. The Bertz CT molecular complexity index is 966. The van der Waals surface area contributed by atoms with Gasteiger partial charge in [-0.15, -0.1) is 10.2 Å². The SMILES string of the molecule is Fc1ccc(Br)cc1-c1nnc2sc(-c3cccnc3)nn12. The zero-order valence-electron chi connectivity index (χ0n) is 10.9. The number of nitrogens with zero attached hydrogens (tertiary/aromatic N) is 5. The van der Waals surface area contributed by atoms with Crippen LogP contribution in [0.5, 0.6) is 0 Å². The number of aromatic nitrogens is 5. The molecule has 5 nitrogen and oxygen atoms in total. The van der Waals surface area contributed by atoms with Gasteiger partial charge in [0.05, 0.1) is 5.56 Å². The van der Waals surface area contributed by atoms with Gasteiger partial charge in [0.1, 0.15) is 10.8 Å². The quantitative estimate of drug-likeness (QED) is 0.534. The molecule has 3 aromatic heterocycles. The number of fused-ring (bicyclic) bond motifs is 1. The molecule has 0 aliphatic carbocycles. The molecule has 0 saturated heterocycles. The normalized spacial score (nSPS) is 11.2. The van der Waals surface area contributed by atoms with E-state index >= 15 is 0 Å². The van der Waals surface area contributed by atoms with Crippen LogP contribution < -0.4 is 0 Å². The molecule has 0 saturated carbocycles. The largest absolute Gasteiger partial charge is 0.264 e.